The number of hydrogen-bond acceptors (Lipinski definition) is 4. The van der Waals surface area contributed by atoms with Crippen LogP contribution in [-0.4, -0.2) is 34.0 Å². The van der Waals surface area contributed by atoms with Crippen molar-refractivity contribution in [1.29, 1.82) is 0 Å². The monoisotopic (exact) mass is 423 g/mol. The van der Waals surface area contributed by atoms with Crippen LogP contribution in [0.5, 0.6) is 0 Å². The van der Waals surface area contributed by atoms with Crippen molar-refractivity contribution in [3.8, 4) is 0 Å². The molecule has 1 saturated heterocycles. The number of sulfonamides is 1. The molecule has 28 heavy (non-hydrogen) atoms. The van der Waals surface area contributed by atoms with E-state index in [-0.39, 0.29) is 23.2 Å². The van der Waals surface area contributed by atoms with E-state index < -0.39 is 10.0 Å². The van der Waals surface area contributed by atoms with Crippen molar-refractivity contribution in [3.05, 3.63) is 65.2 Å². The van der Waals surface area contributed by atoms with Gasteiger partial charge in [-0.15, -0.1) is 12.4 Å². The summed E-state index contributed by atoms with van der Waals surface area (Å²) in [5, 5.41) is 11.4. The molecule has 1 fully saturated rings. The Bertz CT molecular complexity index is 895. The highest BCUT2D eigenvalue weighted by atomic mass is 35.5. The van der Waals surface area contributed by atoms with Gasteiger partial charge in [-0.2, -0.15) is 0 Å². The molecular formula is C20H26ClN3O3S. The quantitative estimate of drug-likeness (QED) is 0.632. The van der Waals surface area contributed by atoms with Crippen LogP contribution in [0.1, 0.15) is 27.9 Å². The van der Waals surface area contributed by atoms with Crippen LogP contribution in [0.3, 0.4) is 0 Å². The molecule has 1 amide bonds. The molecule has 4 N–H and O–H groups in total. The zero-order valence-electron chi connectivity index (χ0n) is 15.6. The van der Waals surface area contributed by atoms with Crippen molar-refractivity contribution < 1.29 is 13.2 Å². The molecule has 1 atom stereocenters. The van der Waals surface area contributed by atoms with Gasteiger partial charge in [-0.25, -0.2) is 13.6 Å². The summed E-state index contributed by atoms with van der Waals surface area (Å²) >= 11 is 0. The lowest BCUT2D eigenvalue weighted by molar-refractivity contribution is 0.0954. The molecule has 1 aliphatic heterocycles. The molecule has 0 bridgehead atoms. The molecule has 152 valence electrons. The molecule has 6 nitrogen and oxygen atoms in total. The summed E-state index contributed by atoms with van der Waals surface area (Å²) < 4.78 is 22.5. The van der Waals surface area contributed by atoms with Crippen LogP contribution >= 0.6 is 12.4 Å². The molecule has 0 radical (unpaired) electrons. The van der Waals surface area contributed by atoms with Crippen LogP contribution in [0.2, 0.25) is 0 Å². The largest absolute Gasteiger partial charge is 0.352 e. The first kappa shape index (κ1) is 22.4. The Morgan fingerprint density at radius 2 is 1.89 bits per heavy atom. The van der Waals surface area contributed by atoms with Gasteiger partial charge in [0, 0.05) is 12.1 Å². The Labute approximate surface area is 172 Å². The van der Waals surface area contributed by atoms with Crippen molar-refractivity contribution in [2.75, 3.05) is 19.6 Å². The SMILES string of the molecule is Cl.NS(=O)(=O)c1ccc(CCNC(=O)c2cccc(CC3CCNC3)c2)cc1. The highest BCUT2D eigenvalue weighted by molar-refractivity contribution is 7.89. The van der Waals surface area contributed by atoms with Gasteiger partial charge in [0.2, 0.25) is 10.0 Å². The first-order chi connectivity index (χ1) is 12.9. The van der Waals surface area contributed by atoms with E-state index in [1.54, 1.807) is 12.1 Å². The molecular weight excluding hydrogens is 398 g/mol. The number of rotatable bonds is 7. The lowest BCUT2D eigenvalue weighted by atomic mass is 9.97. The standard InChI is InChI=1S/C20H25N3O3S.ClH/c21-27(25,26)19-6-4-15(5-7-19)9-11-23-20(24)18-3-1-2-16(13-18)12-17-8-10-22-14-17;/h1-7,13,17,22H,8-12,14H2,(H,23,24)(H2,21,25,26);1H. The van der Waals surface area contributed by atoms with E-state index in [0.717, 1.165) is 25.1 Å². The number of nitrogens with one attached hydrogen (secondary N) is 2. The lowest BCUT2D eigenvalue weighted by Crippen LogP contribution is -2.25. The maximum atomic E-state index is 12.4. The number of hydrogen-bond donors (Lipinski definition) is 3. The van der Waals surface area contributed by atoms with Gasteiger partial charge < -0.3 is 10.6 Å². The zero-order valence-corrected chi connectivity index (χ0v) is 17.2. The third kappa shape index (κ3) is 6.31. The van der Waals surface area contributed by atoms with E-state index in [1.807, 2.05) is 18.2 Å². The second-order valence-corrected chi connectivity index (χ2v) is 8.52. The predicted octanol–water partition coefficient (Wildman–Crippen LogP) is 1.88. The fourth-order valence-electron chi connectivity index (χ4n) is 3.33. The van der Waals surface area contributed by atoms with Crippen molar-refractivity contribution in [2.24, 2.45) is 11.1 Å². The molecule has 2 aromatic rings. The maximum Gasteiger partial charge on any atom is 0.251 e. The number of carbonyl (C=O) groups is 1. The Kier molecular flexibility index (Phi) is 8.00. The summed E-state index contributed by atoms with van der Waals surface area (Å²) in [6.45, 7) is 2.59. The number of carbonyl (C=O) groups excluding carboxylic acids is 1. The first-order valence-corrected chi connectivity index (χ1v) is 10.7. The van der Waals surface area contributed by atoms with Crippen LogP contribution < -0.4 is 15.8 Å². The fraction of sp³-hybridized carbons (Fsp3) is 0.350. The van der Waals surface area contributed by atoms with Crippen molar-refractivity contribution >= 4 is 28.3 Å². The summed E-state index contributed by atoms with van der Waals surface area (Å²) in [5.41, 5.74) is 2.79. The molecule has 0 aliphatic carbocycles. The maximum absolute atomic E-state index is 12.4. The Balaban J connectivity index is 0.00000280. The van der Waals surface area contributed by atoms with Crippen molar-refractivity contribution in [2.45, 2.75) is 24.2 Å². The summed E-state index contributed by atoms with van der Waals surface area (Å²) in [4.78, 5) is 12.5. The van der Waals surface area contributed by atoms with Crippen LogP contribution in [-0.2, 0) is 22.9 Å². The van der Waals surface area contributed by atoms with Gasteiger partial charge in [0.05, 0.1) is 4.90 Å². The highest BCUT2D eigenvalue weighted by Gasteiger charge is 2.15. The highest BCUT2D eigenvalue weighted by Crippen LogP contribution is 2.16. The van der Waals surface area contributed by atoms with Crippen LogP contribution in [0.25, 0.3) is 0 Å². The smallest absolute Gasteiger partial charge is 0.251 e. The Morgan fingerprint density at radius 3 is 2.54 bits per heavy atom. The van der Waals surface area contributed by atoms with Crippen molar-refractivity contribution in [1.82, 2.24) is 10.6 Å². The molecule has 0 aromatic heterocycles. The van der Waals surface area contributed by atoms with Gasteiger partial charge in [0.1, 0.15) is 0 Å². The molecule has 1 unspecified atom stereocenters. The van der Waals surface area contributed by atoms with Gasteiger partial charge in [-0.3, -0.25) is 4.79 Å². The van der Waals surface area contributed by atoms with Crippen molar-refractivity contribution in [3.63, 3.8) is 0 Å². The van der Waals surface area contributed by atoms with E-state index >= 15 is 0 Å². The van der Waals surface area contributed by atoms with E-state index in [0.29, 0.717) is 24.4 Å². The van der Waals surface area contributed by atoms with Crippen LogP contribution in [0.4, 0.5) is 0 Å². The minimum absolute atomic E-state index is 0. The van der Waals surface area contributed by atoms with Gasteiger partial charge in [-0.1, -0.05) is 24.3 Å². The number of amides is 1. The Morgan fingerprint density at radius 1 is 1.14 bits per heavy atom. The molecule has 2 aromatic carbocycles. The minimum atomic E-state index is -3.68. The normalized spacial score (nSPS) is 16.4. The van der Waals surface area contributed by atoms with Gasteiger partial charge in [0.25, 0.3) is 5.91 Å². The molecule has 1 aliphatic rings. The summed E-state index contributed by atoms with van der Waals surface area (Å²) in [7, 11) is -3.68. The molecule has 3 rings (SSSR count). The van der Waals surface area contributed by atoms with E-state index in [9.17, 15) is 13.2 Å². The Hall–Kier alpha value is -1.93. The zero-order chi connectivity index (χ0) is 19.3. The average molecular weight is 424 g/mol. The number of halogens is 1. The molecule has 8 heteroatoms. The molecule has 1 heterocycles. The topological polar surface area (TPSA) is 101 Å². The van der Waals surface area contributed by atoms with E-state index in [1.165, 1.54) is 24.1 Å². The molecule has 0 saturated carbocycles. The summed E-state index contributed by atoms with van der Waals surface area (Å²) in [6, 6.07) is 14.2. The summed E-state index contributed by atoms with van der Waals surface area (Å²) in [5.74, 6) is 0.547. The van der Waals surface area contributed by atoms with E-state index in [4.69, 9.17) is 5.14 Å². The minimum Gasteiger partial charge on any atom is -0.352 e. The van der Waals surface area contributed by atoms with Crippen LogP contribution in [0.15, 0.2) is 53.4 Å². The van der Waals surface area contributed by atoms with Gasteiger partial charge >= 0.3 is 0 Å². The van der Waals surface area contributed by atoms with Gasteiger partial charge in [-0.05, 0) is 73.7 Å². The van der Waals surface area contributed by atoms with Crippen LogP contribution in [0, 0.1) is 5.92 Å². The van der Waals surface area contributed by atoms with E-state index in [2.05, 4.69) is 16.7 Å². The second kappa shape index (κ2) is 10.0. The average Bonchev–Trinajstić information content (AvgIpc) is 3.14. The third-order valence-corrected chi connectivity index (χ3v) is 5.76. The number of nitrogens with two attached hydrogens (primary N) is 1. The summed E-state index contributed by atoms with van der Waals surface area (Å²) in [6.07, 6.45) is 2.79. The number of benzene rings is 2. The first-order valence-electron chi connectivity index (χ1n) is 9.11. The molecule has 0 spiro atoms. The predicted molar refractivity (Wildman–Crippen MR) is 112 cm³/mol. The third-order valence-electron chi connectivity index (χ3n) is 4.83. The number of primary sulfonamides is 1. The lowest BCUT2D eigenvalue weighted by Gasteiger charge is -2.10. The second-order valence-electron chi connectivity index (χ2n) is 6.96. The fourth-order valence-corrected chi connectivity index (χ4v) is 3.85. The van der Waals surface area contributed by atoms with Gasteiger partial charge in [0.15, 0.2) is 0 Å².